The van der Waals surface area contributed by atoms with Crippen molar-refractivity contribution in [3.63, 3.8) is 0 Å². The van der Waals surface area contributed by atoms with Crippen LogP contribution in [0.4, 0.5) is 5.69 Å². The van der Waals surface area contributed by atoms with E-state index in [4.69, 9.17) is 14.5 Å². The monoisotopic (exact) mass is 410 g/mol. The molecule has 6 nitrogen and oxygen atoms in total. The summed E-state index contributed by atoms with van der Waals surface area (Å²) in [5.41, 5.74) is 0.127. The van der Waals surface area contributed by atoms with Crippen molar-refractivity contribution < 1.29 is 19.1 Å². The number of carbonyl (C=O) groups is 2. The Morgan fingerprint density at radius 2 is 1.58 bits per heavy atom. The lowest BCUT2D eigenvalue weighted by Crippen LogP contribution is -2.71. The van der Waals surface area contributed by atoms with Crippen molar-refractivity contribution in [1.29, 1.82) is 0 Å². The zero-order chi connectivity index (χ0) is 21.2. The Morgan fingerprint density at radius 1 is 0.935 bits per heavy atom. The predicted octanol–water partition coefficient (Wildman–Crippen LogP) is 3.50. The number of benzene rings is 3. The highest BCUT2D eigenvalue weighted by atomic mass is 16.7. The minimum Gasteiger partial charge on any atom is -0.444 e. The highest BCUT2D eigenvalue weighted by Crippen LogP contribution is 2.66. The van der Waals surface area contributed by atoms with Crippen molar-refractivity contribution >= 4 is 23.4 Å². The van der Waals surface area contributed by atoms with Crippen molar-refractivity contribution in [2.75, 3.05) is 4.90 Å². The van der Waals surface area contributed by atoms with Crippen LogP contribution in [0.5, 0.6) is 0 Å². The minimum atomic E-state index is -1.47. The Morgan fingerprint density at radius 3 is 2.29 bits per heavy atom. The Labute approximate surface area is 178 Å². The molecule has 0 saturated carbocycles. The molecule has 2 amide bonds. The van der Waals surface area contributed by atoms with Crippen LogP contribution in [-0.2, 0) is 30.2 Å². The topological polar surface area (TPSA) is 68.2 Å². The van der Waals surface area contributed by atoms with Gasteiger partial charge in [-0.05, 0) is 23.8 Å². The smallest absolute Gasteiger partial charge is 0.274 e. The second-order valence-corrected chi connectivity index (χ2v) is 7.84. The summed E-state index contributed by atoms with van der Waals surface area (Å²) in [5.74, 6) is -0.392. The van der Waals surface area contributed by atoms with Crippen LogP contribution in [0.1, 0.15) is 23.6 Å². The zero-order valence-electron chi connectivity index (χ0n) is 16.7. The van der Waals surface area contributed by atoms with Crippen LogP contribution in [-0.4, -0.2) is 24.0 Å². The molecule has 3 aromatic carbocycles. The number of carbonyl (C=O) groups excluding carboxylic acids is 2. The fraction of sp³-hybridized carbons (Fsp3) is 0.160. The molecular weight excluding hydrogens is 392 g/mol. The van der Waals surface area contributed by atoms with Gasteiger partial charge in [0.25, 0.3) is 5.91 Å². The van der Waals surface area contributed by atoms with Crippen molar-refractivity contribution in [2.45, 2.75) is 24.4 Å². The molecule has 6 rings (SSSR count). The highest BCUT2D eigenvalue weighted by molar-refractivity contribution is 6.23. The molecular formula is C25H18N2O4. The molecule has 3 aliphatic heterocycles. The molecule has 0 aromatic heterocycles. The number of nitrogens with zero attached hydrogens (tertiary/aromatic N) is 2. The van der Waals surface area contributed by atoms with E-state index >= 15 is 0 Å². The van der Waals surface area contributed by atoms with Gasteiger partial charge >= 0.3 is 0 Å². The number of hydrogen-bond donors (Lipinski definition) is 0. The van der Waals surface area contributed by atoms with Crippen LogP contribution in [0.2, 0.25) is 0 Å². The third kappa shape index (κ3) is 2.07. The van der Waals surface area contributed by atoms with Crippen molar-refractivity contribution in [1.82, 2.24) is 0 Å². The number of aliphatic imine (C=N–C) groups is 1. The summed E-state index contributed by atoms with van der Waals surface area (Å²) in [4.78, 5) is 32.5. The molecule has 0 radical (unpaired) electrons. The van der Waals surface area contributed by atoms with Gasteiger partial charge in [-0.25, -0.2) is 9.89 Å². The van der Waals surface area contributed by atoms with E-state index in [0.29, 0.717) is 17.1 Å². The first kappa shape index (κ1) is 18.0. The summed E-state index contributed by atoms with van der Waals surface area (Å²) in [6, 6.07) is 26.3. The Balaban J connectivity index is 1.63. The van der Waals surface area contributed by atoms with E-state index in [1.54, 1.807) is 12.1 Å². The van der Waals surface area contributed by atoms with Gasteiger partial charge in [-0.3, -0.25) is 9.59 Å². The van der Waals surface area contributed by atoms with Gasteiger partial charge in [0.2, 0.25) is 23.7 Å². The summed E-state index contributed by atoms with van der Waals surface area (Å²) >= 11 is 0. The Kier molecular flexibility index (Phi) is 3.56. The van der Waals surface area contributed by atoms with Gasteiger partial charge < -0.3 is 9.47 Å². The molecule has 1 spiro atoms. The SMILES string of the molecule is CC(=O)N1C(=O)[C@@]2(O[C@@H]3OC(c4ccccc4)=N[C@@]32c2ccccc2)c2ccccc21. The van der Waals surface area contributed by atoms with E-state index in [1.165, 1.54) is 11.8 Å². The number of hydrogen-bond acceptors (Lipinski definition) is 5. The van der Waals surface area contributed by atoms with Crippen LogP contribution in [0.15, 0.2) is 89.9 Å². The highest BCUT2D eigenvalue weighted by Gasteiger charge is 2.81. The van der Waals surface area contributed by atoms with Gasteiger partial charge in [-0.2, -0.15) is 0 Å². The number of ether oxygens (including phenoxy) is 2. The van der Waals surface area contributed by atoms with Crippen LogP contribution in [0.25, 0.3) is 0 Å². The molecule has 3 atom stereocenters. The first-order valence-corrected chi connectivity index (χ1v) is 10.1. The molecule has 6 heteroatoms. The molecule has 0 aliphatic carbocycles. The standard InChI is InChI=1S/C25H18N2O4/c1-16(28)27-20-15-9-8-14-19(20)25(22(27)29)24(18-12-6-3-7-13-18)23(31-25)30-21(26-24)17-10-4-2-5-11-17/h2-15,23H,1H3/t23-,24-,25-/m0/s1. The van der Waals surface area contributed by atoms with Crippen molar-refractivity contribution in [3.05, 3.63) is 102 Å². The Bertz CT molecular complexity index is 1260. The largest absolute Gasteiger partial charge is 0.444 e. The van der Waals surface area contributed by atoms with Gasteiger partial charge in [-0.1, -0.05) is 66.7 Å². The average molecular weight is 410 g/mol. The average Bonchev–Trinajstić information content (AvgIpc) is 3.25. The third-order valence-electron chi connectivity index (χ3n) is 6.24. The van der Waals surface area contributed by atoms with Crippen LogP contribution < -0.4 is 4.90 Å². The van der Waals surface area contributed by atoms with E-state index in [1.807, 2.05) is 72.8 Å². The number of imide groups is 1. The summed E-state index contributed by atoms with van der Waals surface area (Å²) in [6.07, 6.45) is -0.783. The Hall–Kier alpha value is -3.77. The van der Waals surface area contributed by atoms with E-state index in [0.717, 1.165) is 11.1 Å². The summed E-state index contributed by atoms with van der Waals surface area (Å²) in [5, 5.41) is 0. The maximum absolute atomic E-state index is 13.8. The van der Waals surface area contributed by atoms with Gasteiger partial charge in [0, 0.05) is 18.1 Å². The van der Waals surface area contributed by atoms with E-state index in [2.05, 4.69) is 0 Å². The van der Waals surface area contributed by atoms with Crippen molar-refractivity contribution in [3.8, 4) is 0 Å². The second kappa shape index (κ2) is 6.12. The molecule has 3 aliphatic rings. The fourth-order valence-electron chi connectivity index (χ4n) is 4.92. The number of amides is 2. The molecule has 0 unspecified atom stereocenters. The fourth-order valence-corrected chi connectivity index (χ4v) is 4.92. The number of anilines is 1. The lowest BCUT2D eigenvalue weighted by atomic mass is 9.66. The third-order valence-corrected chi connectivity index (χ3v) is 6.24. The van der Waals surface area contributed by atoms with Crippen LogP contribution >= 0.6 is 0 Å². The lowest BCUT2D eigenvalue weighted by molar-refractivity contribution is -0.323. The molecule has 3 heterocycles. The summed E-state index contributed by atoms with van der Waals surface area (Å²) in [7, 11) is 0. The normalized spacial score (nSPS) is 27.9. The van der Waals surface area contributed by atoms with Crippen LogP contribution in [0.3, 0.4) is 0 Å². The van der Waals surface area contributed by atoms with E-state index in [9.17, 15) is 9.59 Å². The molecule has 1 fully saturated rings. The first-order chi connectivity index (χ1) is 15.1. The van der Waals surface area contributed by atoms with Crippen molar-refractivity contribution in [2.24, 2.45) is 4.99 Å². The maximum atomic E-state index is 13.8. The van der Waals surface area contributed by atoms with Crippen LogP contribution in [0, 0.1) is 0 Å². The molecule has 3 aromatic rings. The van der Waals surface area contributed by atoms with Gasteiger partial charge in [0.15, 0.2) is 5.54 Å². The first-order valence-electron chi connectivity index (χ1n) is 10.1. The van der Waals surface area contributed by atoms with Gasteiger partial charge in [-0.15, -0.1) is 0 Å². The molecule has 31 heavy (non-hydrogen) atoms. The number of fused-ring (bicyclic) bond motifs is 4. The second-order valence-electron chi connectivity index (χ2n) is 7.84. The molecule has 152 valence electrons. The molecule has 1 saturated heterocycles. The van der Waals surface area contributed by atoms with Gasteiger partial charge in [0.05, 0.1) is 5.69 Å². The zero-order valence-corrected chi connectivity index (χ0v) is 16.7. The number of para-hydroxylation sites is 1. The van der Waals surface area contributed by atoms with Gasteiger partial charge in [0.1, 0.15) is 0 Å². The molecule has 0 N–H and O–H groups in total. The summed E-state index contributed by atoms with van der Waals surface area (Å²) < 4.78 is 12.4. The number of rotatable bonds is 2. The predicted molar refractivity (Wildman–Crippen MR) is 113 cm³/mol. The molecule has 0 bridgehead atoms. The minimum absolute atomic E-state index is 0.365. The lowest BCUT2D eigenvalue weighted by Gasteiger charge is -2.54. The van der Waals surface area contributed by atoms with E-state index in [-0.39, 0.29) is 5.91 Å². The maximum Gasteiger partial charge on any atom is 0.274 e. The summed E-state index contributed by atoms with van der Waals surface area (Å²) in [6.45, 7) is 1.38. The van der Waals surface area contributed by atoms with E-state index < -0.39 is 23.3 Å². The quantitative estimate of drug-likeness (QED) is 0.649.